The Morgan fingerprint density at radius 3 is 1.39 bits per heavy atom. The minimum atomic E-state index is 0.0577. The van der Waals surface area contributed by atoms with Gasteiger partial charge in [0.1, 0.15) is 11.5 Å². The fraction of sp³-hybridized carbons (Fsp3) is 0.222. The Labute approximate surface area is 136 Å². The van der Waals surface area contributed by atoms with E-state index >= 15 is 0 Å². The zero-order valence-electron chi connectivity index (χ0n) is 13.4. The third-order valence-electron chi connectivity index (χ3n) is 3.45. The van der Waals surface area contributed by atoms with E-state index in [0.717, 1.165) is 0 Å². The van der Waals surface area contributed by atoms with Crippen LogP contribution in [0.5, 0.6) is 11.5 Å². The molecule has 0 amide bonds. The molecule has 0 radical (unpaired) electrons. The second-order valence-electron chi connectivity index (χ2n) is 5.01. The van der Waals surface area contributed by atoms with Crippen molar-refractivity contribution in [1.82, 2.24) is 0 Å². The van der Waals surface area contributed by atoms with Gasteiger partial charge in [-0.2, -0.15) is 0 Å². The monoisotopic (exact) mass is 310 g/mol. The summed E-state index contributed by atoms with van der Waals surface area (Å²) in [5, 5.41) is 0. The number of ketones is 2. The van der Waals surface area contributed by atoms with Gasteiger partial charge < -0.3 is 9.31 Å². The fourth-order valence-electron chi connectivity index (χ4n) is 2.05. The van der Waals surface area contributed by atoms with E-state index in [-0.39, 0.29) is 19.3 Å². The van der Waals surface area contributed by atoms with Crippen LogP contribution in [0.15, 0.2) is 48.5 Å². The third kappa shape index (κ3) is 4.71. The Balaban J connectivity index is 1.85. The maximum absolute atomic E-state index is 11.5. The van der Waals surface area contributed by atoms with Crippen LogP contribution in [-0.4, -0.2) is 19.3 Å². The molecule has 0 unspecified atom stereocenters. The number of hydrogen-bond acceptors (Lipinski definition) is 4. The minimum absolute atomic E-state index is 0.0577. The van der Waals surface area contributed by atoms with Gasteiger partial charge in [-0.1, -0.05) is 13.8 Å². The van der Waals surface area contributed by atoms with E-state index in [1.807, 2.05) is 13.8 Å². The Morgan fingerprint density at radius 2 is 1.09 bits per heavy atom. The molecule has 2 aromatic carbocycles. The zero-order valence-corrected chi connectivity index (χ0v) is 13.4. The number of carbonyl (C=O) groups excluding carboxylic acids is 2. The van der Waals surface area contributed by atoms with Crippen molar-refractivity contribution in [2.45, 2.75) is 26.7 Å². The molecule has 0 bridgehead atoms. The summed E-state index contributed by atoms with van der Waals surface area (Å²) in [4.78, 5) is 23.1. The predicted octanol–water partition coefficient (Wildman–Crippen LogP) is 3.60. The molecule has 0 spiro atoms. The molecule has 0 aromatic heterocycles. The van der Waals surface area contributed by atoms with Crippen molar-refractivity contribution in [3.63, 3.8) is 0 Å². The molecule has 0 aliphatic rings. The van der Waals surface area contributed by atoms with Crippen LogP contribution in [0.3, 0.4) is 0 Å². The Morgan fingerprint density at radius 1 is 0.739 bits per heavy atom. The van der Waals surface area contributed by atoms with E-state index in [4.69, 9.17) is 9.31 Å². The second kappa shape index (κ2) is 8.18. The van der Waals surface area contributed by atoms with E-state index < -0.39 is 0 Å². The molecule has 0 fully saturated rings. The molecule has 4 nitrogen and oxygen atoms in total. The molecule has 5 heteroatoms. The fourth-order valence-corrected chi connectivity index (χ4v) is 2.05. The van der Waals surface area contributed by atoms with Crippen LogP contribution < -0.4 is 9.31 Å². The first-order valence-electron chi connectivity index (χ1n) is 7.66. The van der Waals surface area contributed by atoms with Crippen molar-refractivity contribution in [2.24, 2.45) is 0 Å². The van der Waals surface area contributed by atoms with Crippen LogP contribution in [-0.2, 0) is 0 Å². The number of carbonyl (C=O) groups is 2. The van der Waals surface area contributed by atoms with Crippen molar-refractivity contribution < 1.29 is 18.9 Å². The van der Waals surface area contributed by atoms with Gasteiger partial charge in [-0.15, -0.1) is 0 Å². The van der Waals surface area contributed by atoms with Crippen molar-refractivity contribution in [2.75, 3.05) is 0 Å². The highest BCUT2D eigenvalue weighted by atomic mass is 16.6. The van der Waals surface area contributed by atoms with Gasteiger partial charge >= 0.3 is 7.69 Å². The number of hydrogen-bond donors (Lipinski definition) is 0. The summed E-state index contributed by atoms with van der Waals surface area (Å²) in [7, 11) is 0.0577. The Kier molecular flexibility index (Phi) is 5.98. The molecule has 2 aromatic rings. The van der Waals surface area contributed by atoms with Gasteiger partial charge in [-0.05, 0) is 48.5 Å². The molecule has 0 N–H and O–H groups in total. The first-order chi connectivity index (χ1) is 11.1. The van der Waals surface area contributed by atoms with E-state index in [1.54, 1.807) is 48.5 Å². The summed E-state index contributed by atoms with van der Waals surface area (Å²) in [5.41, 5.74) is 1.36. The summed E-state index contributed by atoms with van der Waals surface area (Å²) in [6.45, 7) is 3.67. The van der Waals surface area contributed by atoms with Crippen LogP contribution in [0, 0.1) is 0 Å². The highest BCUT2D eigenvalue weighted by Crippen LogP contribution is 2.15. The van der Waals surface area contributed by atoms with E-state index in [2.05, 4.69) is 0 Å². The quantitative estimate of drug-likeness (QED) is 0.552. The van der Waals surface area contributed by atoms with Crippen LogP contribution in [0.25, 0.3) is 0 Å². The van der Waals surface area contributed by atoms with Gasteiger partial charge in [0.2, 0.25) is 0 Å². The summed E-state index contributed by atoms with van der Waals surface area (Å²) >= 11 is 0. The van der Waals surface area contributed by atoms with E-state index in [0.29, 0.717) is 35.5 Å². The average molecular weight is 310 g/mol. The molecular formula is C18H19BO4. The molecular weight excluding hydrogens is 291 g/mol. The molecule has 23 heavy (non-hydrogen) atoms. The SMILES string of the molecule is CCC(=O)c1ccc(OBOc2ccc(C(=O)CC)cc2)cc1. The smallest absolute Gasteiger partial charge is 0.529 e. The summed E-state index contributed by atoms with van der Waals surface area (Å²) in [5.74, 6) is 1.48. The van der Waals surface area contributed by atoms with Gasteiger partial charge in [0.25, 0.3) is 0 Å². The van der Waals surface area contributed by atoms with Crippen molar-refractivity contribution >= 4 is 19.3 Å². The van der Waals surface area contributed by atoms with Gasteiger partial charge in [0.05, 0.1) is 0 Å². The van der Waals surface area contributed by atoms with E-state index in [9.17, 15) is 9.59 Å². The lowest BCUT2D eigenvalue weighted by atomic mass is 10.1. The maximum Gasteiger partial charge on any atom is 0.576 e. The molecule has 118 valence electrons. The van der Waals surface area contributed by atoms with Crippen molar-refractivity contribution in [3.8, 4) is 11.5 Å². The summed E-state index contributed by atoms with van der Waals surface area (Å²) in [6.07, 6.45) is 0.972. The number of Topliss-reactive ketones (excluding diaryl/α,β-unsaturated/α-hetero) is 2. The second-order valence-corrected chi connectivity index (χ2v) is 5.01. The largest absolute Gasteiger partial charge is 0.576 e. The molecule has 2 rings (SSSR count). The predicted molar refractivity (Wildman–Crippen MR) is 90.5 cm³/mol. The molecule has 0 aliphatic carbocycles. The van der Waals surface area contributed by atoms with Crippen LogP contribution >= 0.6 is 0 Å². The lowest BCUT2D eigenvalue weighted by Gasteiger charge is -2.08. The summed E-state index contributed by atoms with van der Waals surface area (Å²) < 4.78 is 11.0. The lowest BCUT2D eigenvalue weighted by Crippen LogP contribution is -2.11. The molecule has 0 heterocycles. The topological polar surface area (TPSA) is 52.6 Å². The Hall–Kier alpha value is -2.56. The van der Waals surface area contributed by atoms with Crippen molar-refractivity contribution in [1.29, 1.82) is 0 Å². The van der Waals surface area contributed by atoms with Crippen molar-refractivity contribution in [3.05, 3.63) is 59.7 Å². The maximum atomic E-state index is 11.5. The minimum Gasteiger partial charge on any atom is -0.529 e. The first kappa shape index (κ1) is 16.8. The lowest BCUT2D eigenvalue weighted by molar-refractivity contribution is 0.0980. The van der Waals surface area contributed by atoms with Gasteiger partial charge in [0.15, 0.2) is 11.6 Å². The zero-order chi connectivity index (χ0) is 16.7. The van der Waals surface area contributed by atoms with Crippen LogP contribution in [0.4, 0.5) is 0 Å². The average Bonchev–Trinajstić information content (AvgIpc) is 2.61. The van der Waals surface area contributed by atoms with E-state index in [1.165, 1.54) is 0 Å². The van der Waals surface area contributed by atoms with Crippen LogP contribution in [0.1, 0.15) is 47.4 Å². The van der Waals surface area contributed by atoms with Gasteiger partial charge in [0, 0.05) is 24.0 Å². The standard InChI is InChI=1S/C18H19BO4/c1-3-17(20)13-5-9-15(10-6-13)22-19-23-16-11-7-14(8-12-16)18(21)4-2/h5-12,19H,3-4H2,1-2H3. The van der Waals surface area contributed by atoms with Gasteiger partial charge in [-0.3, -0.25) is 9.59 Å². The first-order valence-corrected chi connectivity index (χ1v) is 7.66. The third-order valence-corrected chi connectivity index (χ3v) is 3.45. The molecule has 0 atom stereocenters. The highest BCUT2D eigenvalue weighted by molar-refractivity contribution is 6.20. The van der Waals surface area contributed by atoms with Gasteiger partial charge in [-0.25, -0.2) is 0 Å². The molecule has 0 saturated carbocycles. The van der Waals surface area contributed by atoms with Crippen LogP contribution in [0.2, 0.25) is 0 Å². The molecule has 0 aliphatic heterocycles. The normalized spacial score (nSPS) is 10.0. The Bertz CT molecular complexity index is 603. The molecule has 0 saturated heterocycles. The number of benzene rings is 2. The summed E-state index contributed by atoms with van der Waals surface area (Å²) in [6, 6.07) is 14.0. The number of rotatable bonds is 8. The highest BCUT2D eigenvalue weighted by Gasteiger charge is 2.05.